The van der Waals surface area contributed by atoms with E-state index in [0.29, 0.717) is 4.73 Å². The second-order valence-corrected chi connectivity index (χ2v) is 7.57. The third kappa shape index (κ3) is 4.43. The maximum atomic E-state index is 13.8. The monoisotopic (exact) mass is 402 g/mol. The van der Waals surface area contributed by atoms with Crippen molar-refractivity contribution in [3.8, 4) is 0 Å². The van der Waals surface area contributed by atoms with Gasteiger partial charge in [0, 0.05) is 34.5 Å². The van der Waals surface area contributed by atoms with E-state index >= 15 is 0 Å². The lowest BCUT2D eigenvalue weighted by Crippen LogP contribution is -2.45. The van der Waals surface area contributed by atoms with Crippen molar-refractivity contribution >= 4 is 27.8 Å². The minimum Gasteiger partial charge on any atom is -0.618 e. The van der Waals surface area contributed by atoms with E-state index in [-0.39, 0.29) is 35.5 Å². The molecule has 2 rings (SSSR count). The zero-order chi connectivity index (χ0) is 18.1. The lowest BCUT2D eigenvalue weighted by molar-refractivity contribution is -0.625. The van der Waals surface area contributed by atoms with Crippen LogP contribution in [-0.2, 0) is 16.0 Å². The maximum Gasteiger partial charge on any atom is 0.411 e. The number of ketones is 1. The molecule has 8 heteroatoms. The Hall–Kier alpha value is -1.70. The molecule has 0 spiro atoms. The number of nitrogens with zero attached hydrogens (tertiary/aromatic N) is 2. The van der Waals surface area contributed by atoms with Gasteiger partial charge in [-0.1, -0.05) is 0 Å². The van der Waals surface area contributed by atoms with Crippen molar-refractivity contribution in [2.45, 2.75) is 51.4 Å². The van der Waals surface area contributed by atoms with Crippen molar-refractivity contribution in [3.05, 3.63) is 33.7 Å². The molecule has 24 heavy (non-hydrogen) atoms. The molecule has 1 amide bonds. The van der Waals surface area contributed by atoms with Crippen molar-refractivity contribution in [2.75, 3.05) is 6.54 Å². The summed E-state index contributed by atoms with van der Waals surface area (Å²) in [5.74, 6) is -0.385. The second-order valence-electron chi connectivity index (χ2n) is 6.76. The third-order valence-electron chi connectivity index (χ3n) is 3.58. The van der Waals surface area contributed by atoms with Gasteiger partial charge in [0.1, 0.15) is 11.8 Å². The van der Waals surface area contributed by atoms with E-state index in [2.05, 4.69) is 15.9 Å². The van der Waals surface area contributed by atoms with Crippen LogP contribution < -0.4 is 4.73 Å². The number of carbonyl (C=O) groups excluding carboxylic acids is 2. The first kappa shape index (κ1) is 18.6. The van der Waals surface area contributed by atoms with Crippen LogP contribution in [0.25, 0.3) is 0 Å². The molecule has 2 atom stereocenters. The van der Waals surface area contributed by atoms with Gasteiger partial charge in [0.05, 0.1) is 19.0 Å². The van der Waals surface area contributed by atoms with Crippen LogP contribution in [0.1, 0.15) is 32.9 Å². The zero-order valence-corrected chi connectivity index (χ0v) is 15.4. The maximum absolute atomic E-state index is 13.8. The minimum absolute atomic E-state index is 0.0784. The van der Waals surface area contributed by atoms with Crippen LogP contribution in [0.4, 0.5) is 9.18 Å². The Morgan fingerprint density at radius 1 is 1.46 bits per heavy atom. The average molecular weight is 403 g/mol. The molecular formula is C16H20BrFN2O4. The number of aromatic nitrogens is 1. The van der Waals surface area contributed by atoms with Gasteiger partial charge in [0.2, 0.25) is 5.69 Å². The van der Waals surface area contributed by atoms with Crippen molar-refractivity contribution in [3.63, 3.8) is 0 Å². The molecule has 1 saturated heterocycles. The molecule has 0 saturated carbocycles. The van der Waals surface area contributed by atoms with Gasteiger partial charge in [-0.3, -0.25) is 9.69 Å². The van der Waals surface area contributed by atoms with Crippen LogP contribution in [0.2, 0.25) is 0 Å². The van der Waals surface area contributed by atoms with Crippen molar-refractivity contribution in [1.82, 2.24) is 4.90 Å². The predicted molar refractivity (Wildman–Crippen MR) is 88.1 cm³/mol. The molecule has 1 aliphatic heterocycles. The number of carbonyl (C=O) groups is 2. The van der Waals surface area contributed by atoms with Gasteiger partial charge < -0.3 is 9.94 Å². The second kappa shape index (κ2) is 7.04. The number of Topliss-reactive ketones (excluding diaryl/α,β-unsaturated/α-hetero) is 1. The highest BCUT2D eigenvalue weighted by atomic mass is 79.9. The van der Waals surface area contributed by atoms with Gasteiger partial charge in [-0.2, -0.15) is 4.73 Å². The zero-order valence-electron chi connectivity index (χ0n) is 13.8. The van der Waals surface area contributed by atoms with Crippen molar-refractivity contribution in [1.29, 1.82) is 0 Å². The van der Waals surface area contributed by atoms with Crippen molar-refractivity contribution < 1.29 is 23.4 Å². The summed E-state index contributed by atoms with van der Waals surface area (Å²) < 4.78 is 19.9. The van der Waals surface area contributed by atoms with Crippen molar-refractivity contribution in [2.24, 2.45) is 0 Å². The summed E-state index contributed by atoms with van der Waals surface area (Å²) in [7, 11) is 0. The van der Waals surface area contributed by atoms with Crippen LogP contribution in [-0.4, -0.2) is 41.1 Å². The summed E-state index contributed by atoms with van der Waals surface area (Å²) in [6.45, 7) is 4.92. The van der Waals surface area contributed by atoms with E-state index in [1.54, 1.807) is 32.9 Å². The first-order valence-corrected chi connectivity index (χ1v) is 8.41. The molecule has 1 fully saturated rings. The normalized spacial score (nSPS) is 21.0. The molecule has 132 valence electrons. The topological polar surface area (TPSA) is 73.5 Å². The number of likely N-dealkylation sites (tertiary alicyclic amines) is 1. The van der Waals surface area contributed by atoms with Gasteiger partial charge in [-0.05, 0) is 26.8 Å². The molecule has 6 nitrogen and oxygen atoms in total. The highest BCUT2D eigenvalue weighted by molar-refractivity contribution is 9.10. The van der Waals surface area contributed by atoms with E-state index in [1.807, 2.05) is 0 Å². The van der Waals surface area contributed by atoms with E-state index in [1.165, 1.54) is 6.07 Å². The van der Waals surface area contributed by atoms with Crippen LogP contribution in [0.5, 0.6) is 0 Å². The van der Waals surface area contributed by atoms with Crippen LogP contribution in [0.3, 0.4) is 0 Å². The average Bonchev–Trinajstić information content (AvgIpc) is 2.84. The molecule has 1 aliphatic rings. The number of pyridine rings is 1. The fourth-order valence-electron chi connectivity index (χ4n) is 2.55. The number of alkyl halides is 1. The molecule has 1 aromatic heterocycles. The summed E-state index contributed by atoms with van der Waals surface area (Å²) in [5.41, 5.74) is -0.498. The number of amides is 1. The molecule has 2 heterocycles. The highest BCUT2D eigenvalue weighted by Gasteiger charge is 2.41. The fourth-order valence-corrected chi connectivity index (χ4v) is 2.93. The number of halogens is 2. The smallest absolute Gasteiger partial charge is 0.411 e. The molecule has 0 bridgehead atoms. The van der Waals surface area contributed by atoms with Gasteiger partial charge in [0.15, 0.2) is 5.78 Å². The largest absolute Gasteiger partial charge is 0.618 e. The Morgan fingerprint density at radius 3 is 2.75 bits per heavy atom. The van der Waals surface area contributed by atoms with Gasteiger partial charge in [-0.15, -0.1) is 0 Å². The molecule has 0 aromatic carbocycles. The molecule has 0 unspecified atom stereocenters. The first-order valence-electron chi connectivity index (χ1n) is 7.62. The van der Waals surface area contributed by atoms with Crippen LogP contribution in [0.15, 0.2) is 22.8 Å². The molecule has 1 aromatic rings. The molecule has 0 N–H and O–H groups in total. The molecule has 0 aliphatic carbocycles. The Balaban J connectivity index is 2.14. The summed E-state index contributed by atoms with van der Waals surface area (Å²) in [6, 6.07) is 3.80. The SMILES string of the molecule is CC(C)(C)OC(=O)N1C[C@H](F)C[C@H]1C(=O)Cc1cccc(Br)[n+]1[O-]. The summed E-state index contributed by atoms with van der Waals surface area (Å²) >= 11 is 3.09. The Labute approximate surface area is 148 Å². The fraction of sp³-hybridized carbons (Fsp3) is 0.562. The van der Waals surface area contributed by atoms with Gasteiger partial charge in [-0.25, -0.2) is 9.18 Å². The standard InChI is InChI=1S/C16H20BrFN2O4/c1-16(2,3)24-15(22)19-9-10(18)7-12(19)13(21)8-11-5-4-6-14(17)20(11)23/h4-6,10,12H,7-9H2,1-3H3/t10-,12+/m1/s1. The Morgan fingerprint density at radius 2 is 2.12 bits per heavy atom. The third-order valence-corrected chi connectivity index (χ3v) is 4.17. The first-order chi connectivity index (χ1) is 11.1. The number of rotatable bonds is 3. The lowest BCUT2D eigenvalue weighted by Gasteiger charge is -2.27. The highest BCUT2D eigenvalue weighted by Crippen LogP contribution is 2.24. The van der Waals surface area contributed by atoms with E-state index in [9.17, 15) is 19.2 Å². The number of hydrogen-bond donors (Lipinski definition) is 0. The van der Waals surface area contributed by atoms with Gasteiger partial charge in [0.25, 0.3) is 4.60 Å². The summed E-state index contributed by atoms with van der Waals surface area (Å²) in [4.78, 5) is 25.8. The number of hydrogen-bond acceptors (Lipinski definition) is 4. The molecule has 0 radical (unpaired) electrons. The summed E-state index contributed by atoms with van der Waals surface area (Å²) in [5, 5.41) is 11.9. The van der Waals surface area contributed by atoms with E-state index < -0.39 is 23.9 Å². The summed E-state index contributed by atoms with van der Waals surface area (Å²) in [6.07, 6.45) is -2.26. The minimum atomic E-state index is -1.28. The Bertz CT molecular complexity index is 647. The van der Waals surface area contributed by atoms with Gasteiger partial charge >= 0.3 is 6.09 Å². The van der Waals surface area contributed by atoms with E-state index in [0.717, 1.165) is 4.90 Å². The van der Waals surface area contributed by atoms with E-state index in [4.69, 9.17) is 4.74 Å². The Kier molecular flexibility index (Phi) is 5.47. The van der Waals surface area contributed by atoms with Crippen LogP contribution >= 0.6 is 15.9 Å². The lowest BCUT2D eigenvalue weighted by atomic mass is 10.0. The quantitative estimate of drug-likeness (QED) is 0.442. The predicted octanol–water partition coefficient (Wildman–Crippen LogP) is 2.54. The number of ether oxygens (including phenoxy) is 1. The van der Waals surface area contributed by atoms with Crippen LogP contribution in [0, 0.1) is 5.21 Å². The molecular weight excluding hydrogens is 383 g/mol.